The van der Waals surface area contributed by atoms with Crippen molar-refractivity contribution in [3.63, 3.8) is 0 Å². The van der Waals surface area contributed by atoms with Crippen LogP contribution >= 0.6 is 11.6 Å². The lowest BCUT2D eigenvalue weighted by atomic mass is 10.0. The van der Waals surface area contributed by atoms with Crippen molar-refractivity contribution in [1.82, 2.24) is 10.6 Å². The number of amides is 1. The molecule has 3 rings (SSSR count). The van der Waals surface area contributed by atoms with Crippen LogP contribution in [-0.4, -0.2) is 24.5 Å². The topological polar surface area (TPSA) is 54.3 Å². The summed E-state index contributed by atoms with van der Waals surface area (Å²) in [7, 11) is 0. The molecule has 112 valence electrons. The first-order chi connectivity index (χ1) is 10.1. The number of furan rings is 1. The Morgan fingerprint density at radius 2 is 2.29 bits per heavy atom. The van der Waals surface area contributed by atoms with Gasteiger partial charge in [-0.05, 0) is 39.3 Å². The molecule has 2 heterocycles. The van der Waals surface area contributed by atoms with Gasteiger partial charge in [0, 0.05) is 23.0 Å². The summed E-state index contributed by atoms with van der Waals surface area (Å²) in [5, 5.41) is 7.87. The lowest BCUT2D eigenvalue weighted by Gasteiger charge is -2.28. The number of fused-ring (bicyclic) bond motifs is 1. The zero-order valence-corrected chi connectivity index (χ0v) is 13.0. The van der Waals surface area contributed by atoms with Crippen LogP contribution in [0.15, 0.2) is 22.6 Å². The molecule has 1 amide bonds. The Balaban J connectivity index is 1.84. The van der Waals surface area contributed by atoms with Crippen molar-refractivity contribution < 1.29 is 9.21 Å². The number of benzene rings is 1. The van der Waals surface area contributed by atoms with Crippen LogP contribution in [-0.2, 0) is 0 Å². The molecule has 1 aliphatic heterocycles. The molecule has 2 atom stereocenters. The van der Waals surface area contributed by atoms with E-state index in [1.165, 1.54) is 0 Å². The molecule has 1 aromatic carbocycles. The minimum absolute atomic E-state index is 0.154. The molecule has 21 heavy (non-hydrogen) atoms. The molecule has 0 bridgehead atoms. The molecule has 0 saturated carbocycles. The summed E-state index contributed by atoms with van der Waals surface area (Å²) in [4.78, 5) is 12.5. The molecular weight excluding hydrogens is 288 g/mol. The summed E-state index contributed by atoms with van der Waals surface area (Å²) in [6.45, 7) is 4.95. The van der Waals surface area contributed by atoms with Gasteiger partial charge >= 0.3 is 0 Å². The molecule has 4 nitrogen and oxygen atoms in total. The van der Waals surface area contributed by atoms with E-state index in [0.29, 0.717) is 22.4 Å². The van der Waals surface area contributed by atoms with Crippen molar-refractivity contribution in [3.05, 3.63) is 34.5 Å². The van der Waals surface area contributed by atoms with Crippen LogP contribution < -0.4 is 10.6 Å². The minimum Gasteiger partial charge on any atom is -0.449 e. The van der Waals surface area contributed by atoms with Gasteiger partial charge in [0.05, 0.1) is 5.02 Å². The highest BCUT2D eigenvalue weighted by molar-refractivity contribution is 6.35. The smallest absolute Gasteiger partial charge is 0.287 e. The van der Waals surface area contributed by atoms with E-state index in [1.54, 1.807) is 6.07 Å². The fourth-order valence-corrected chi connectivity index (χ4v) is 3.15. The van der Waals surface area contributed by atoms with E-state index >= 15 is 0 Å². The quantitative estimate of drug-likeness (QED) is 0.895. The summed E-state index contributed by atoms with van der Waals surface area (Å²) in [5.74, 6) is 0.211. The number of nitrogens with one attached hydrogen (secondary N) is 2. The Hall–Kier alpha value is -1.52. The van der Waals surface area contributed by atoms with Gasteiger partial charge in [0.25, 0.3) is 5.91 Å². The standard InChI is InChI=1S/C16H19ClN2O2/c1-9-8-11(6-7-18-9)19-16(20)14-10(2)12-4-3-5-13(17)15(12)21-14/h3-5,9,11,18H,6-8H2,1-2H3,(H,19,20). The highest BCUT2D eigenvalue weighted by Crippen LogP contribution is 2.30. The Kier molecular flexibility index (Phi) is 3.91. The van der Waals surface area contributed by atoms with E-state index in [2.05, 4.69) is 17.6 Å². The number of hydrogen-bond acceptors (Lipinski definition) is 3. The molecule has 2 N–H and O–H groups in total. The van der Waals surface area contributed by atoms with Gasteiger partial charge < -0.3 is 15.1 Å². The number of rotatable bonds is 2. The third-order valence-corrected chi connectivity index (χ3v) is 4.38. The first-order valence-corrected chi connectivity index (χ1v) is 7.66. The Morgan fingerprint density at radius 3 is 3.00 bits per heavy atom. The zero-order valence-electron chi connectivity index (χ0n) is 12.2. The third kappa shape index (κ3) is 2.78. The fourth-order valence-electron chi connectivity index (χ4n) is 2.94. The van der Waals surface area contributed by atoms with Gasteiger partial charge in [-0.3, -0.25) is 4.79 Å². The number of piperidine rings is 1. The number of halogens is 1. The monoisotopic (exact) mass is 306 g/mol. The van der Waals surface area contributed by atoms with Crippen molar-refractivity contribution in [3.8, 4) is 0 Å². The second kappa shape index (κ2) is 5.70. The average molecular weight is 307 g/mol. The maximum atomic E-state index is 12.5. The van der Waals surface area contributed by atoms with Gasteiger partial charge in [-0.15, -0.1) is 0 Å². The van der Waals surface area contributed by atoms with Crippen molar-refractivity contribution in [2.24, 2.45) is 0 Å². The maximum Gasteiger partial charge on any atom is 0.287 e. The fraction of sp³-hybridized carbons (Fsp3) is 0.438. The third-order valence-electron chi connectivity index (χ3n) is 4.08. The second-order valence-corrected chi connectivity index (χ2v) is 6.13. The van der Waals surface area contributed by atoms with Crippen molar-refractivity contribution >= 4 is 28.5 Å². The number of carbonyl (C=O) groups is 1. The predicted molar refractivity (Wildman–Crippen MR) is 83.9 cm³/mol. The Bertz CT molecular complexity index is 680. The maximum absolute atomic E-state index is 12.5. The largest absolute Gasteiger partial charge is 0.449 e. The van der Waals surface area contributed by atoms with Gasteiger partial charge in [-0.2, -0.15) is 0 Å². The van der Waals surface area contributed by atoms with Crippen molar-refractivity contribution in [2.45, 2.75) is 38.8 Å². The van der Waals surface area contributed by atoms with Crippen molar-refractivity contribution in [1.29, 1.82) is 0 Å². The molecule has 0 aliphatic carbocycles. The van der Waals surface area contributed by atoms with E-state index < -0.39 is 0 Å². The van der Waals surface area contributed by atoms with Gasteiger partial charge in [-0.25, -0.2) is 0 Å². The van der Waals surface area contributed by atoms with Crippen LogP contribution in [0.1, 0.15) is 35.9 Å². The Morgan fingerprint density at radius 1 is 1.48 bits per heavy atom. The summed E-state index contributed by atoms with van der Waals surface area (Å²) >= 11 is 6.12. The van der Waals surface area contributed by atoms with Crippen LogP contribution in [0.25, 0.3) is 11.0 Å². The summed E-state index contributed by atoms with van der Waals surface area (Å²) in [5.41, 5.74) is 1.42. The normalized spacial score (nSPS) is 22.4. The van der Waals surface area contributed by atoms with Gasteiger partial charge in [0.2, 0.25) is 0 Å². The van der Waals surface area contributed by atoms with Crippen LogP contribution in [0.4, 0.5) is 0 Å². The highest BCUT2D eigenvalue weighted by atomic mass is 35.5. The predicted octanol–water partition coefficient (Wildman–Crippen LogP) is 3.26. The number of para-hydroxylation sites is 1. The van der Waals surface area contributed by atoms with Gasteiger partial charge in [-0.1, -0.05) is 23.7 Å². The van der Waals surface area contributed by atoms with Crippen molar-refractivity contribution in [2.75, 3.05) is 6.54 Å². The van der Waals surface area contributed by atoms with Crippen LogP contribution in [0, 0.1) is 6.92 Å². The summed E-state index contributed by atoms with van der Waals surface area (Å²) in [6.07, 6.45) is 1.88. The van der Waals surface area contributed by atoms with Crippen LogP contribution in [0.3, 0.4) is 0 Å². The second-order valence-electron chi connectivity index (χ2n) is 5.72. The minimum atomic E-state index is -0.154. The van der Waals surface area contributed by atoms with E-state index in [0.717, 1.165) is 30.3 Å². The molecule has 0 radical (unpaired) electrons. The highest BCUT2D eigenvalue weighted by Gasteiger charge is 2.24. The molecular formula is C16H19ClN2O2. The lowest BCUT2D eigenvalue weighted by Crippen LogP contribution is -2.46. The summed E-state index contributed by atoms with van der Waals surface area (Å²) < 4.78 is 5.70. The van der Waals surface area contributed by atoms with Crippen LogP contribution in [0.5, 0.6) is 0 Å². The first kappa shape index (κ1) is 14.4. The van der Waals surface area contributed by atoms with Gasteiger partial charge in [0.15, 0.2) is 11.3 Å². The molecule has 2 unspecified atom stereocenters. The number of carbonyl (C=O) groups excluding carboxylic acids is 1. The average Bonchev–Trinajstić information content (AvgIpc) is 2.78. The number of hydrogen-bond donors (Lipinski definition) is 2. The lowest BCUT2D eigenvalue weighted by molar-refractivity contribution is 0.0899. The molecule has 1 aliphatic rings. The van der Waals surface area contributed by atoms with E-state index in [1.807, 2.05) is 19.1 Å². The molecule has 5 heteroatoms. The molecule has 1 saturated heterocycles. The van der Waals surface area contributed by atoms with E-state index in [-0.39, 0.29) is 11.9 Å². The zero-order chi connectivity index (χ0) is 15.0. The Labute approximate surface area is 128 Å². The molecule has 1 aromatic heterocycles. The van der Waals surface area contributed by atoms with Crippen LogP contribution in [0.2, 0.25) is 5.02 Å². The van der Waals surface area contributed by atoms with Gasteiger partial charge in [0.1, 0.15) is 0 Å². The SMILES string of the molecule is Cc1c(C(=O)NC2CCNC(C)C2)oc2c(Cl)cccc12. The van der Waals surface area contributed by atoms with E-state index in [4.69, 9.17) is 16.0 Å². The molecule has 0 spiro atoms. The van der Waals surface area contributed by atoms with E-state index in [9.17, 15) is 4.79 Å². The first-order valence-electron chi connectivity index (χ1n) is 7.28. The molecule has 1 fully saturated rings. The molecule has 2 aromatic rings. The summed E-state index contributed by atoms with van der Waals surface area (Å²) in [6, 6.07) is 6.17. The number of aryl methyl sites for hydroxylation is 1.